The first-order valence-electron chi connectivity index (χ1n) is 8.19. The number of sulfonamides is 1. The maximum Gasteiger partial charge on any atom is 0.243 e. The number of imidazole rings is 1. The zero-order chi connectivity index (χ0) is 17.3. The van der Waals surface area contributed by atoms with Crippen molar-refractivity contribution in [3.05, 3.63) is 60.8 Å². The minimum absolute atomic E-state index is 0.130. The van der Waals surface area contributed by atoms with Gasteiger partial charge in [-0.1, -0.05) is 18.2 Å². The summed E-state index contributed by atoms with van der Waals surface area (Å²) in [7, 11) is -3.41. The highest BCUT2D eigenvalue weighted by atomic mass is 32.2. The summed E-state index contributed by atoms with van der Waals surface area (Å²) in [5.41, 5.74) is 1.83. The molecule has 3 heterocycles. The molecular formula is C17H19N5O2S. The Morgan fingerprint density at radius 1 is 1.20 bits per heavy atom. The van der Waals surface area contributed by atoms with E-state index in [1.165, 1.54) is 0 Å². The summed E-state index contributed by atoms with van der Waals surface area (Å²) in [6, 6.07) is 8.73. The molecule has 130 valence electrons. The van der Waals surface area contributed by atoms with Crippen LogP contribution >= 0.6 is 0 Å². The second-order valence-electron chi connectivity index (χ2n) is 6.10. The van der Waals surface area contributed by atoms with Crippen LogP contribution in [0.25, 0.3) is 5.65 Å². The Morgan fingerprint density at radius 2 is 2.04 bits per heavy atom. The van der Waals surface area contributed by atoms with Gasteiger partial charge in [-0.2, -0.15) is 4.31 Å². The van der Waals surface area contributed by atoms with Crippen LogP contribution < -0.4 is 5.32 Å². The Hall–Kier alpha value is -2.29. The Labute approximate surface area is 146 Å². The van der Waals surface area contributed by atoms with E-state index in [2.05, 4.69) is 15.3 Å². The smallest absolute Gasteiger partial charge is 0.243 e. The van der Waals surface area contributed by atoms with Gasteiger partial charge >= 0.3 is 0 Å². The minimum atomic E-state index is -3.41. The van der Waals surface area contributed by atoms with E-state index >= 15 is 0 Å². The first kappa shape index (κ1) is 16.2. The number of rotatable bonds is 5. The van der Waals surface area contributed by atoms with Gasteiger partial charge in [0.2, 0.25) is 10.0 Å². The molecule has 0 radical (unpaired) electrons. The van der Waals surface area contributed by atoms with Crippen molar-refractivity contribution in [3.63, 3.8) is 0 Å². The number of benzene rings is 1. The Kier molecular flexibility index (Phi) is 4.24. The van der Waals surface area contributed by atoms with E-state index in [4.69, 9.17) is 0 Å². The van der Waals surface area contributed by atoms with Gasteiger partial charge in [0.25, 0.3) is 0 Å². The van der Waals surface area contributed by atoms with Crippen LogP contribution in [0.2, 0.25) is 0 Å². The zero-order valence-electron chi connectivity index (χ0n) is 13.6. The molecule has 25 heavy (non-hydrogen) atoms. The van der Waals surface area contributed by atoms with Crippen molar-refractivity contribution in [1.82, 2.24) is 24.0 Å². The second-order valence-corrected chi connectivity index (χ2v) is 8.03. The van der Waals surface area contributed by atoms with Crippen molar-refractivity contribution in [3.8, 4) is 0 Å². The molecule has 3 aromatic rings. The quantitative estimate of drug-likeness (QED) is 0.744. The van der Waals surface area contributed by atoms with Gasteiger partial charge in [0, 0.05) is 38.1 Å². The zero-order valence-corrected chi connectivity index (χ0v) is 14.4. The highest BCUT2D eigenvalue weighted by Gasteiger charge is 2.32. The summed E-state index contributed by atoms with van der Waals surface area (Å²) in [6.45, 7) is 1.65. The molecule has 0 aliphatic carbocycles. The fourth-order valence-corrected chi connectivity index (χ4v) is 4.65. The third-order valence-corrected chi connectivity index (χ3v) is 6.38. The first-order valence-corrected chi connectivity index (χ1v) is 9.63. The predicted molar refractivity (Wildman–Crippen MR) is 93.4 cm³/mol. The molecule has 1 fully saturated rings. The molecule has 0 amide bonds. The number of nitrogens with one attached hydrogen (secondary N) is 1. The van der Waals surface area contributed by atoms with E-state index in [1.54, 1.807) is 41.0 Å². The average molecular weight is 357 g/mol. The molecule has 4 rings (SSSR count). The van der Waals surface area contributed by atoms with Gasteiger partial charge in [0.1, 0.15) is 0 Å². The molecule has 1 N–H and O–H groups in total. The first-order chi connectivity index (χ1) is 12.1. The van der Waals surface area contributed by atoms with Crippen molar-refractivity contribution < 1.29 is 8.42 Å². The fraction of sp³-hybridized carbons (Fsp3) is 0.294. The van der Waals surface area contributed by atoms with Crippen LogP contribution in [0.15, 0.2) is 60.0 Å². The Balaban J connectivity index is 1.41. The normalized spacial score (nSPS) is 18.8. The summed E-state index contributed by atoms with van der Waals surface area (Å²) in [4.78, 5) is 8.72. The highest BCUT2D eigenvalue weighted by Crippen LogP contribution is 2.21. The average Bonchev–Trinajstić information content (AvgIpc) is 3.28. The lowest BCUT2D eigenvalue weighted by Crippen LogP contribution is -2.35. The Bertz CT molecular complexity index is 971. The minimum Gasteiger partial charge on any atom is -0.307 e. The number of hydrogen-bond acceptors (Lipinski definition) is 5. The van der Waals surface area contributed by atoms with Crippen LogP contribution in [-0.4, -0.2) is 46.2 Å². The monoisotopic (exact) mass is 357 g/mol. The molecule has 1 aliphatic heterocycles. The van der Waals surface area contributed by atoms with E-state index in [0.29, 0.717) is 24.5 Å². The lowest BCUT2D eigenvalue weighted by molar-refractivity contribution is 0.455. The molecule has 1 aliphatic rings. The third-order valence-electron chi connectivity index (χ3n) is 4.50. The second kappa shape index (κ2) is 6.55. The highest BCUT2D eigenvalue weighted by molar-refractivity contribution is 7.89. The molecule has 8 heteroatoms. The molecule has 2 aromatic heterocycles. The van der Waals surface area contributed by atoms with E-state index in [1.807, 2.05) is 22.9 Å². The SMILES string of the molecule is O=S(=O)(c1ccccc1)N1CC[C@H](NCc2cnc3cnccn23)C1. The van der Waals surface area contributed by atoms with Crippen molar-refractivity contribution in [2.24, 2.45) is 0 Å². The van der Waals surface area contributed by atoms with E-state index in [9.17, 15) is 8.42 Å². The van der Waals surface area contributed by atoms with Crippen molar-refractivity contribution in [2.75, 3.05) is 13.1 Å². The summed E-state index contributed by atoms with van der Waals surface area (Å²) in [6.07, 6.45) is 7.93. The predicted octanol–water partition coefficient (Wildman–Crippen LogP) is 1.28. The van der Waals surface area contributed by atoms with Crippen molar-refractivity contribution in [1.29, 1.82) is 0 Å². The molecule has 7 nitrogen and oxygen atoms in total. The molecule has 0 spiro atoms. The maximum atomic E-state index is 12.7. The van der Waals surface area contributed by atoms with E-state index < -0.39 is 10.0 Å². The van der Waals surface area contributed by atoms with Gasteiger partial charge in [-0.3, -0.25) is 9.38 Å². The molecule has 0 saturated carbocycles. The van der Waals surface area contributed by atoms with Gasteiger partial charge in [0.05, 0.1) is 23.0 Å². The maximum absolute atomic E-state index is 12.7. The van der Waals surface area contributed by atoms with E-state index in [0.717, 1.165) is 17.8 Å². The number of fused-ring (bicyclic) bond motifs is 1. The van der Waals surface area contributed by atoms with Gasteiger partial charge in [-0.25, -0.2) is 13.4 Å². The van der Waals surface area contributed by atoms with Crippen LogP contribution in [0.4, 0.5) is 0 Å². The topological polar surface area (TPSA) is 79.6 Å². The molecular weight excluding hydrogens is 338 g/mol. The van der Waals surface area contributed by atoms with E-state index in [-0.39, 0.29) is 6.04 Å². The molecule has 0 bridgehead atoms. The van der Waals surface area contributed by atoms with Gasteiger partial charge in [-0.15, -0.1) is 0 Å². The van der Waals surface area contributed by atoms with Gasteiger partial charge < -0.3 is 5.32 Å². The largest absolute Gasteiger partial charge is 0.307 e. The summed E-state index contributed by atoms with van der Waals surface area (Å²) in [5.74, 6) is 0. The standard InChI is InChI=1S/C17H19N5O2S/c23-25(24,16-4-2-1-3-5-16)21-8-6-14(13-21)19-10-15-11-20-17-12-18-7-9-22(15)17/h1-5,7,9,11-12,14,19H,6,8,10,13H2/t14-/m0/s1. The molecule has 1 aromatic carbocycles. The number of hydrogen-bond donors (Lipinski definition) is 1. The number of aromatic nitrogens is 3. The third kappa shape index (κ3) is 3.15. The lowest BCUT2D eigenvalue weighted by atomic mass is 10.2. The van der Waals surface area contributed by atoms with Crippen LogP contribution in [0.3, 0.4) is 0 Å². The summed E-state index contributed by atoms with van der Waals surface area (Å²) >= 11 is 0. The summed E-state index contributed by atoms with van der Waals surface area (Å²) < 4.78 is 28.9. The van der Waals surface area contributed by atoms with Crippen LogP contribution in [-0.2, 0) is 16.6 Å². The van der Waals surface area contributed by atoms with Crippen molar-refractivity contribution >= 4 is 15.7 Å². The molecule has 1 saturated heterocycles. The Morgan fingerprint density at radius 3 is 2.88 bits per heavy atom. The van der Waals surface area contributed by atoms with Gasteiger partial charge in [0.15, 0.2) is 5.65 Å². The van der Waals surface area contributed by atoms with Crippen LogP contribution in [0.1, 0.15) is 12.1 Å². The molecule has 0 unspecified atom stereocenters. The van der Waals surface area contributed by atoms with Gasteiger partial charge in [-0.05, 0) is 18.6 Å². The lowest BCUT2D eigenvalue weighted by Gasteiger charge is -2.17. The molecule has 1 atom stereocenters. The number of nitrogens with zero attached hydrogens (tertiary/aromatic N) is 4. The summed E-state index contributed by atoms with van der Waals surface area (Å²) in [5, 5.41) is 3.44. The van der Waals surface area contributed by atoms with Crippen molar-refractivity contribution in [2.45, 2.75) is 23.9 Å². The fourth-order valence-electron chi connectivity index (χ4n) is 3.13. The van der Waals surface area contributed by atoms with Crippen LogP contribution in [0.5, 0.6) is 0 Å². The van der Waals surface area contributed by atoms with Crippen LogP contribution in [0, 0.1) is 0 Å².